The molecular weight excluding hydrogens is 328 g/mol. The minimum absolute atomic E-state index is 0.00386. The molecule has 2 aromatic carbocycles. The number of rotatable bonds is 7. The predicted molar refractivity (Wildman–Crippen MR) is 104 cm³/mol. The highest BCUT2D eigenvalue weighted by Crippen LogP contribution is 2.29. The van der Waals surface area contributed by atoms with Gasteiger partial charge in [-0.25, -0.2) is 4.79 Å². The van der Waals surface area contributed by atoms with Crippen LogP contribution >= 0.6 is 0 Å². The molecule has 3 rings (SSSR count). The molecule has 1 aromatic heterocycles. The number of aromatic amines is 1. The number of ether oxygens (including phenoxy) is 1. The van der Waals surface area contributed by atoms with Crippen LogP contribution in [0.4, 0.5) is 5.69 Å². The van der Waals surface area contributed by atoms with Gasteiger partial charge < -0.3 is 14.8 Å². The van der Waals surface area contributed by atoms with Crippen molar-refractivity contribution in [3.63, 3.8) is 0 Å². The van der Waals surface area contributed by atoms with Crippen LogP contribution in [-0.4, -0.2) is 35.8 Å². The van der Waals surface area contributed by atoms with E-state index in [0.717, 1.165) is 27.9 Å². The van der Waals surface area contributed by atoms with E-state index >= 15 is 0 Å². The second kappa shape index (κ2) is 7.22. The van der Waals surface area contributed by atoms with Crippen molar-refractivity contribution in [2.45, 2.75) is 26.5 Å². The molecule has 1 heterocycles. The molecule has 2 N–H and O–H groups in total. The van der Waals surface area contributed by atoms with Crippen LogP contribution in [0.25, 0.3) is 10.9 Å². The Bertz CT molecular complexity index is 899. The number of para-hydroxylation sites is 1. The first-order chi connectivity index (χ1) is 12.4. The van der Waals surface area contributed by atoms with Crippen molar-refractivity contribution in [2.24, 2.45) is 0 Å². The lowest BCUT2D eigenvalue weighted by Gasteiger charge is -2.32. The van der Waals surface area contributed by atoms with Gasteiger partial charge in [-0.1, -0.05) is 18.2 Å². The number of aliphatic carboxylic acids is 1. The lowest BCUT2D eigenvalue weighted by atomic mass is 10.1. The van der Waals surface area contributed by atoms with E-state index in [2.05, 4.69) is 11.1 Å². The number of carboxylic acid groups (broad SMARTS) is 1. The Hall–Kier alpha value is -2.79. The van der Waals surface area contributed by atoms with E-state index in [0.29, 0.717) is 6.54 Å². The van der Waals surface area contributed by atoms with Gasteiger partial charge >= 0.3 is 5.97 Å². The Labute approximate surface area is 153 Å². The van der Waals surface area contributed by atoms with Crippen molar-refractivity contribution >= 4 is 22.6 Å². The highest BCUT2D eigenvalue weighted by atomic mass is 16.5. The van der Waals surface area contributed by atoms with Crippen LogP contribution in [0.5, 0.6) is 5.75 Å². The van der Waals surface area contributed by atoms with Crippen LogP contribution in [0.3, 0.4) is 0 Å². The molecule has 0 bridgehead atoms. The molecule has 0 spiro atoms. The maximum Gasteiger partial charge on any atom is 0.359 e. The van der Waals surface area contributed by atoms with Crippen LogP contribution in [0.2, 0.25) is 0 Å². The first-order valence-corrected chi connectivity index (χ1v) is 8.76. The molecule has 5 heteroatoms. The van der Waals surface area contributed by atoms with Crippen molar-refractivity contribution in [3.05, 3.63) is 60.3 Å². The lowest BCUT2D eigenvalue weighted by molar-refractivity contribution is -0.137. The lowest BCUT2D eigenvalue weighted by Crippen LogP contribution is -2.48. The summed E-state index contributed by atoms with van der Waals surface area (Å²) in [7, 11) is 1.95. The van der Waals surface area contributed by atoms with Crippen molar-refractivity contribution < 1.29 is 14.6 Å². The van der Waals surface area contributed by atoms with E-state index in [-0.39, 0.29) is 17.1 Å². The summed E-state index contributed by atoms with van der Waals surface area (Å²) in [5.74, 6) is -0.0347. The molecule has 0 aliphatic carbocycles. The fourth-order valence-electron chi connectivity index (χ4n) is 3.33. The average Bonchev–Trinajstić information content (AvgIpc) is 2.97. The number of quaternary nitrogens is 1. The maximum absolute atomic E-state index is 11.5. The number of hydrogen-bond donors (Lipinski definition) is 2. The van der Waals surface area contributed by atoms with Gasteiger partial charge in [0.1, 0.15) is 18.0 Å². The molecule has 0 saturated heterocycles. The highest BCUT2D eigenvalue weighted by molar-refractivity contribution is 5.83. The number of likely N-dealkylation sites (N-methyl/N-ethyl adjacent to an activating group) is 1. The standard InChI is InChI=1S/C21H24N2O3/c1-15(2)26-18-10-8-17(9-11-18)23(3,14-21(24)25)13-16-12-22-20-7-5-4-6-19(16)20/h4-12,15,22H,13-14H2,1-3H3/p+1. The highest BCUT2D eigenvalue weighted by Gasteiger charge is 2.30. The van der Waals surface area contributed by atoms with E-state index < -0.39 is 5.97 Å². The Kier molecular flexibility index (Phi) is 5.00. The summed E-state index contributed by atoms with van der Waals surface area (Å²) >= 11 is 0. The number of hydrogen-bond acceptors (Lipinski definition) is 2. The van der Waals surface area contributed by atoms with Gasteiger partial charge in [-0.05, 0) is 32.0 Å². The van der Waals surface area contributed by atoms with Crippen LogP contribution in [0, 0.1) is 0 Å². The van der Waals surface area contributed by atoms with Gasteiger partial charge in [0.2, 0.25) is 0 Å². The molecule has 3 aromatic rings. The fourth-order valence-corrected chi connectivity index (χ4v) is 3.33. The first-order valence-electron chi connectivity index (χ1n) is 8.76. The molecule has 5 nitrogen and oxygen atoms in total. The fraction of sp³-hybridized carbons (Fsp3) is 0.286. The molecule has 1 unspecified atom stereocenters. The zero-order valence-electron chi connectivity index (χ0n) is 15.4. The molecule has 0 amide bonds. The van der Waals surface area contributed by atoms with Crippen LogP contribution in [-0.2, 0) is 11.3 Å². The van der Waals surface area contributed by atoms with Crippen molar-refractivity contribution in [3.8, 4) is 5.75 Å². The second-order valence-corrected chi connectivity index (χ2v) is 7.13. The normalized spacial score (nSPS) is 13.7. The summed E-state index contributed by atoms with van der Waals surface area (Å²) < 4.78 is 5.98. The molecule has 0 saturated carbocycles. The van der Waals surface area contributed by atoms with E-state index in [1.54, 1.807) is 0 Å². The van der Waals surface area contributed by atoms with E-state index in [1.807, 2.05) is 69.6 Å². The molecule has 0 radical (unpaired) electrons. The number of carbonyl (C=O) groups is 1. The van der Waals surface area contributed by atoms with Crippen molar-refractivity contribution in [2.75, 3.05) is 13.6 Å². The monoisotopic (exact) mass is 353 g/mol. The number of aromatic nitrogens is 1. The SMILES string of the molecule is CC(C)Oc1ccc([N+](C)(CC(=O)O)Cc2c[nH]c3ccccc23)cc1. The van der Waals surface area contributed by atoms with Gasteiger partial charge in [-0.3, -0.25) is 4.48 Å². The predicted octanol–water partition coefficient (Wildman–Crippen LogP) is 4.18. The van der Waals surface area contributed by atoms with Crippen LogP contribution in [0.15, 0.2) is 54.7 Å². The van der Waals surface area contributed by atoms with Gasteiger partial charge in [0.05, 0.1) is 13.2 Å². The topological polar surface area (TPSA) is 62.3 Å². The van der Waals surface area contributed by atoms with Gasteiger partial charge in [0.25, 0.3) is 0 Å². The Morgan fingerprint density at radius 2 is 1.85 bits per heavy atom. The first kappa shape index (κ1) is 18.0. The molecule has 1 atom stereocenters. The smallest absolute Gasteiger partial charge is 0.359 e. The Morgan fingerprint density at radius 1 is 1.15 bits per heavy atom. The maximum atomic E-state index is 11.5. The summed E-state index contributed by atoms with van der Waals surface area (Å²) in [4.78, 5) is 14.8. The number of H-pyrrole nitrogens is 1. The van der Waals surface area contributed by atoms with Crippen LogP contribution < -0.4 is 9.22 Å². The number of carboxylic acids is 1. The summed E-state index contributed by atoms with van der Waals surface area (Å²) in [6.07, 6.45) is 2.08. The number of fused-ring (bicyclic) bond motifs is 1. The molecule has 0 aliphatic heterocycles. The summed E-state index contributed by atoms with van der Waals surface area (Å²) in [6, 6.07) is 15.8. The minimum atomic E-state index is -0.824. The van der Waals surface area contributed by atoms with Crippen molar-refractivity contribution in [1.82, 2.24) is 9.47 Å². The summed E-state index contributed by atoms with van der Waals surface area (Å²) in [6.45, 7) is 4.55. The van der Waals surface area contributed by atoms with Gasteiger partial charge in [-0.2, -0.15) is 0 Å². The zero-order chi connectivity index (χ0) is 18.7. The molecular formula is C21H25N2O3+. The number of benzene rings is 2. The average molecular weight is 353 g/mol. The minimum Gasteiger partial charge on any atom is -0.491 e. The second-order valence-electron chi connectivity index (χ2n) is 7.13. The zero-order valence-corrected chi connectivity index (χ0v) is 15.4. The Morgan fingerprint density at radius 3 is 2.50 bits per heavy atom. The number of nitrogens with one attached hydrogen (secondary N) is 1. The van der Waals surface area contributed by atoms with Gasteiger partial charge in [-0.15, -0.1) is 0 Å². The van der Waals surface area contributed by atoms with Crippen LogP contribution in [0.1, 0.15) is 19.4 Å². The molecule has 136 valence electrons. The van der Waals surface area contributed by atoms with E-state index in [4.69, 9.17) is 4.74 Å². The third-order valence-corrected chi connectivity index (χ3v) is 4.51. The quantitative estimate of drug-likeness (QED) is 0.627. The van der Waals surface area contributed by atoms with Gasteiger partial charge in [0.15, 0.2) is 6.54 Å². The Balaban J connectivity index is 1.94. The van der Waals surface area contributed by atoms with E-state index in [9.17, 15) is 9.90 Å². The van der Waals surface area contributed by atoms with Crippen molar-refractivity contribution in [1.29, 1.82) is 0 Å². The summed E-state index contributed by atoms with van der Waals surface area (Å²) in [5, 5.41) is 10.6. The molecule has 0 fully saturated rings. The summed E-state index contributed by atoms with van der Waals surface area (Å²) in [5.41, 5.74) is 3.10. The molecule has 0 aliphatic rings. The van der Waals surface area contributed by atoms with Gasteiger partial charge in [0, 0.05) is 34.8 Å². The molecule has 26 heavy (non-hydrogen) atoms. The largest absolute Gasteiger partial charge is 0.491 e. The van der Waals surface area contributed by atoms with E-state index in [1.165, 1.54) is 0 Å². The third-order valence-electron chi connectivity index (χ3n) is 4.51. The third kappa shape index (κ3) is 3.89. The number of nitrogens with zero attached hydrogens (tertiary/aromatic N) is 1.